The lowest BCUT2D eigenvalue weighted by Crippen LogP contribution is -1.98. The van der Waals surface area contributed by atoms with Gasteiger partial charge in [0.2, 0.25) is 0 Å². The molecule has 0 spiro atoms. The quantitative estimate of drug-likeness (QED) is 0.539. The predicted octanol–water partition coefficient (Wildman–Crippen LogP) is -0.660. The molecule has 2 N–H and O–H groups in total. The molecule has 0 fully saturated rings. The van der Waals surface area contributed by atoms with E-state index in [0.717, 1.165) is 5.39 Å². The summed E-state index contributed by atoms with van der Waals surface area (Å²) in [6, 6.07) is 0. The number of hydrogen-bond acceptors (Lipinski definition) is 5. The van der Waals surface area contributed by atoms with Gasteiger partial charge in [-0.05, 0) is 5.21 Å². The van der Waals surface area contributed by atoms with Crippen LogP contribution in [0.15, 0.2) is 6.20 Å². The van der Waals surface area contributed by atoms with E-state index in [4.69, 9.17) is 5.73 Å². The third-order valence-electron chi connectivity index (χ3n) is 1.48. The SMILES string of the molecule is Cn1ncc2c(N)nnnc21. The summed E-state index contributed by atoms with van der Waals surface area (Å²) in [4.78, 5) is 0. The molecule has 56 valence electrons. The van der Waals surface area contributed by atoms with Crippen LogP contribution in [0.1, 0.15) is 0 Å². The number of nitrogen functional groups attached to an aromatic ring is 1. The van der Waals surface area contributed by atoms with E-state index in [1.54, 1.807) is 17.9 Å². The van der Waals surface area contributed by atoms with Gasteiger partial charge in [0.25, 0.3) is 0 Å². The van der Waals surface area contributed by atoms with Crippen molar-refractivity contribution in [1.29, 1.82) is 0 Å². The summed E-state index contributed by atoms with van der Waals surface area (Å²) in [5.41, 5.74) is 6.15. The van der Waals surface area contributed by atoms with Crippen LogP contribution in [0.2, 0.25) is 0 Å². The fourth-order valence-corrected chi connectivity index (χ4v) is 0.897. The number of nitrogens with zero attached hydrogens (tertiary/aromatic N) is 5. The second-order valence-corrected chi connectivity index (χ2v) is 2.18. The molecule has 2 rings (SSSR count). The maximum atomic E-state index is 5.50. The molecule has 0 atom stereocenters. The normalized spacial score (nSPS) is 10.6. The van der Waals surface area contributed by atoms with E-state index in [9.17, 15) is 0 Å². The molecule has 0 aliphatic carbocycles. The van der Waals surface area contributed by atoms with E-state index in [-0.39, 0.29) is 0 Å². The monoisotopic (exact) mass is 150 g/mol. The summed E-state index contributed by atoms with van der Waals surface area (Å²) in [7, 11) is 1.77. The Morgan fingerprint density at radius 1 is 1.45 bits per heavy atom. The Balaban J connectivity index is 2.94. The molecule has 0 bridgehead atoms. The first-order valence-electron chi connectivity index (χ1n) is 3.05. The average molecular weight is 150 g/mol. The summed E-state index contributed by atoms with van der Waals surface area (Å²) in [6.07, 6.45) is 1.62. The summed E-state index contributed by atoms with van der Waals surface area (Å²) < 4.78 is 1.60. The van der Waals surface area contributed by atoms with Crippen LogP contribution in [0.25, 0.3) is 11.0 Å². The van der Waals surface area contributed by atoms with E-state index in [1.807, 2.05) is 0 Å². The third kappa shape index (κ3) is 0.721. The van der Waals surface area contributed by atoms with Crippen molar-refractivity contribution in [3.63, 3.8) is 0 Å². The predicted molar refractivity (Wildman–Crippen MR) is 38.5 cm³/mol. The third-order valence-corrected chi connectivity index (χ3v) is 1.48. The van der Waals surface area contributed by atoms with Gasteiger partial charge in [0.15, 0.2) is 11.5 Å². The van der Waals surface area contributed by atoms with E-state index in [2.05, 4.69) is 20.5 Å². The van der Waals surface area contributed by atoms with Crippen molar-refractivity contribution in [2.24, 2.45) is 7.05 Å². The molecule has 0 radical (unpaired) electrons. The Kier molecular flexibility index (Phi) is 1.03. The summed E-state index contributed by atoms with van der Waals surface area (Å²) >= 11 is 0. The number of aromatic nitrogens is 5. The van der Waals surface area contributed by atoms with Gasteiger partial charge >= 0.3 is 0 Å². The fourth-order valence-electron chi connectivity index (χ4n) is 0.897. The van der Waals surface area contributed by atoms with E-state index >= 15 is 0 Å². The molecule has 6 heteroatoms. The van der Waals surface area contributed by atoms with Gasteiger partial charge in [0.1, 0.15) is 0 Å². The topological polar surface area (TPSA) is 82.5 Å². The van der Waals surface area contributed by atoms with Crippen LogP contribution in [-0.2, 0) is 7.05 Å². The number of rotatable bonds is 0. The zero-order valence-corrected chi connectivity index (χ0v) is 5.89. The van der Waals surface area contributed by atoms with Crippen molar-refractivity contribution in [3.8, 4) is 0 Å². The van der Waals surface area contributed by atoms with Gasteiger partial charge in [-0.25, -0.2) is 4.68 Å². The van der Waals surface area contributed by atoms with Crippen molar-refractivity contribution < 1.29 is 0 Å². The van der Waals surface area contributed by atoms with E-state index in [1.165, 1.54) is 0 Å². The number of hydrogen-bond donors (Lipinski definition) is 1. The Labute approximate surface area is 62.0 Å². The Hall–Kier alpha value is -1.72. The largest absolute Gasteiger partial charge is 0.381 e. The van der Waals surface area contributed by atoms with Gasteiger partial charge in [-0.1, -0.05) is 0 Å². The summed E-state index contributed by atoms with van der Waals surface area (Å²) in [5.74, 6) is 0.364. The van der Waals surface area contributed by atoms with Crippen LogP contribution in [-0.4, -0.2) is 25.2 Å². The second kappa shape index (κ2) is 1.88. The molecule has 0 amide bonds. The van der Waals surface area contributed by atoms with E-state index in [0.29, 0.717) is 11.5 Å². The molecule has 0 aromatic carbocycles. The minimum absolute atomic E-state index is 0.364. The number of fused-ring (bicyclic) bond motifs is 1. The Morgan fingerprint density at radius 3 is 3.00 bits per heavy atom. The molecular weight excluding hydrogens is 144 g/mol. The minimum atomic E-state index is 0.364. The highest BCUT2D eigenvalue weighted by molar-refractivity contribution is 5.83. The van der Waals surface area contributed by atoms with Crippen LogP contribution in [0.3, 0.4) is 0 Å². The van der Waals surface area contributed by atoms with Crippen molar-refractivity contribution in [2.45, 2.75) is 0 Å². The van der Waals surface area contributed by atoms with Crippen molar-refractivity contribution >= 4 is 16.9 Å². The minimum Gasteiger partial charge on any atom is -0.381 e. The highest BCUT2D eigenvalue weighted by Crippen LogP contribution is 2.12. The Bertz CT molecular complexity index is 391. The molecule has 0 aliphatic rings. The molecule has 0 unspecified atom stereocenters. The van der Waals surface area contributed by atoms with Gasteiger partial charge in [0, 0.05) is 7.05 Å². The van der Waals surface area contributed by atoms with Gasteiger partial charge in [0.05, 0.1) is 11.6 Å². The average Bonchev–Trinajstić information content (AvgIpc) is 2.35. The van der Waals surface area contributed by atoms with Crippen LogP contribution < -0.4 is 5.73 Å². The summed E-state index contributed by atoms with van der Waals surface area (Å²) in [6.45, 7) is 0. The maximum Gasteiger partial charge on any atom is 0.185 e. The lowest BCUT2D eigenvalue weighted by Gasteiger charge is -1.91. The van der Waals surface area contributed by atoms with Crippen molar-refractivity contribution in [1.82, 2.24) is 25.2 Å². The summed E-state index contributed by atoms with van der Waals surface area (Å²) in [5, 5.41) is 15.5. The zero-order valence-electron chi connectivity index (χ0n) is 5.89. The molecule has 2 heterocycles. The lowest BCUT2D eigenvalue weighted by atomic mass is 10.4. The fraction of sp³-hybridized carbons (Fsp3) is 0.200. The first kappa shape index (κ1) is 6.02. The van der Waals surface area contributed by atoms with Crippen LogP contribution in [0, 0.1) is 0 Å². The molecule has 0 aliphatic heterocycles. The number of nitrogens with two attached hydrogens (primary N) is 1. The van der Waals surface area contributed by atoms with Gasteiger partial charge in [-0.3, -0.25) is 0 Å². The van der Waals surface area contributed by atoms with E-state index < -0.39 is 0 Å². The Morgan fingerprint density at radius 2 is 2.27 bits per heavy atom. The lowest BCUT2D eigenvalue weighted by molar-refractivity contribution is 0.766. The highest BCUT2D eigenvalue weighted by atomic mass is 15.4. The molecular formula is C5H6N6. The smallest absolute Gasteiger partial charge is 0.185 e. The molecule has 2 aromatic rings. The first-order chi connectivity index (χ1) is 5.29. The molecule has 0 saturated carbocycles. The number of aryl methyl sites for hydroxylation is 1. The van der Waals surface area contributed by atoms with Gasteiger partial charge in [-0.2, -0.15) is 5.10 Å². The molecule has 6 nitrogen and oxygen atoms in total. The van der Waals surface area contributed by atoms with Crippen LogP contribution in [0.4, 0.5) is 5.82 Å². The maximum absolute atomic E-state index is 5.50. The highest BCUT2D eigenvalue weighted by Gasteiger charge is 2.04. The second-order valence-electron chi connectivity index (χ2n) is 2.18. The van der Waals surface area contributed by atoms with Gasteiger partial charge in [-0.15, -0.1) is 10.2 Å². The van der Waals surface area contributed by atoms with Crippen LogP contribution in [0.5, 0.6) is 0 Å². The van der Waals surface area contributed by atoms with Gasteiger partial charge < -0.3 is 5.73 Å². The zero-order chi connectivity index (χ0) is 7.84. The van der Waals surface area contributed by atoms with Crippen molar-refractivity contribution in [3.05, 3.63) is 6.20 Å². The molecule has 11 heavy (non-hydrogen) atoms. The molecule has 0 saturated heterocycles. The molecule has 2 aromatic heterocycles. The first-order valence-corrected chi connectivity index (χ1v) is 3.05. The van der Waals surface area contributed by atoms with Crippen LogP contribution >= 0.6 is 0 Å². The number of anilines is 1. The standard InChI is InChI=1S/C5H6N6/c1-11-5-3(2-7-11)4(6)8-10-9-5/h2H,1H3,(H2,6,8,9). The van der Waals surface area contributed by atoms with Crippen molar-refractivity contribution in [2.75, 3.05) is 5.73 Å².